The van der Waals surface area contributed by atoms with Crippen molar-refractivity contribution in [3.63, 3.8) is 0 Å². The van der Waals surface area contributed by atoms with E-state index in [2.05, 4.69) is 31.3 Å². The lowest BCUT2D eigenvalue weighted by molar-refractivity contribution is 0.0734. The van der Waals surface area contributed by atoms with Crippen molar-refractivity contribution in [1.82, 2.24) is 4.90 Å². The van der Waals surface area contributed by atoms with Crippen molar-refractivity contribution in [3.05, 3.63) is 101 Å². The quantitative estimate of drug-likeness (QED) is 0.652. The second-order valence-electron chi connectivity index (χ2n) is 8.05. The monoisotopic (exact) mass is 398 g/mol. The van der Waals surface area contributed by atoms with Gasteiger partial charge in [-0.2, -0.15) is 0 Å². The van der Waals surface area contributed by atoms with Gasteiger partial charge in [-0.1, -0.05) is 50.2 Å². The maximum Gasteiger partial charge on any atom is 0.255 e. The minimum Gasteiger partial charge on any atom is -0.334 e. The maximum atomic E-state index is 12.9. The molecular weight excluding hydrogens is 372 g/mol. The Hall–Kier alpha value is -3.40. The van der Waals surface area contributed by atoms with Crippen LogP contribution in [0, 0.1) is 0 Å². The molecule has 0 unspecified atom stereocenters. The summed E-state index contributed by atoms with van der Waals surface area (Å²) in [6, 6.07) is 23.0. The summed E-state index contributed by atoms with van der Waals surface area (Å²) in [5, 5.41) is 2.91. The van der Waals surface area contributed by atoms with E-state index in [1.165, 1.54) is 16.7 Å². The number of fused-ring (bicyclic) bond motifs is 1. The zero-order chi connectivity index (χ0) is 21.1. The van der Waals surface area contributed by atoms with Gasteiger partial charge in [0.1, 0.15) is 0 Å². The summed E-state index contributed by atoms with van der Waals surface area (Å²) < 4.78 is 0. The van der Waals surface area contributed by atoms with Crippen molar-refractivity contribution >= 4 is 17.5 Å². The summed E-state index contributed by atoms with van der Waals surface area (Å²) in [7, 11) is 0. The van der Waals surface area contributed by atoms with Crippen LogP contribution in [-0.2, 0) is 13.0 Å². The molecule has 4 rings (SSSR count). The Bertz CT molecular complexity index is 1050. The summed E-state index contributed by atoms with van der Waals surface area (Å²) in [4.78, 5) is 27.3. The summed E-state index contributed by atoms with van der Waals surface area (Å²) in [6.45, 7) is 5.62. The molecule has 0 radical (unpaired) electrons. The van der Waals surface area contributed by atoms with Crippen LogP contribution in [0.25, 0.3) is 0 Å². The average molecular weight is 399 g/mol. The summed E-state index contributed by atoms with van der Waals surface area (Å²) in [5.74, 6) is 0.271. The predicted molar refractivity (Wildman–Crippen MR) is 120 cm³/mol. The van der Waals surface area contributed by atoms with Crippen molar-refractivity contribution in [2.24, 2.45) is 0 Å². The highest BCUT2D eigenvalue weighted by Crippen LogP contribution is 2.21. The second kappa shape index (κ2) is 8.54. The molecule has 3 aromatic rings. The zero-order valence-corrected chi connectivity index (χ0v) is 17.4. The van der Waals surface area contributed by atoms with Gasteiger partial charge in [-0.15, -0.1) is 0 Å². The van der Waals surface area contributed by atoms with Crippen molar-refractivity contribution in [1.29, 1.82) is 0 Å². The molecule has 1 heterocycles. The van der Waals surface area contributed by atoms with Crippen LogP contribution in [0.1, 0.15) is 57.2 Å². The number of carbonyl (C=O) groups is 2. The standard InChI is InChI=1S/C26H26N2O2/c1-18(2)19-11-13-24(14-12-19)27-25(29)21-7-9-22(10-8-21)26(30)28-16-15-20-5-3-4-6-23(20)17-28/h3-14,18H,15-17H2,1-2H3,(H,27,29). The summed E-state index contributed by atoms with van der Waals surface area (Å²) in [6.07, 6.45) is 0.873. The lowest BCUT2D eigenvalue weighted by atomic mass is 9.99. The number of hydrogen-bond acceptors (Lipinski definition) is 2. The predicted octanol–water partition coefficient (Wildman–Crippen LogP) is 5.26. The number of nitrogens with one attached hydrogen (secondary N) is 1. The molecule has 0 bridgehead atoms. The molecule has 0 aliphatic carbocycles. The van der Waals surface area contributed by atoms with Crippen molar-refractivity contribution in [2.45, 2.75) is 32.7 Å². The molecular formula is C26H26N2O2. The van der Waals surface area contributed by atoms with Crippen LogP contribution in [-0.4, -0.2) is 23.3 Å². The van der Waals surface area contributed by atoms with Crippen LogP contribution in [0.5, 0.6) is 0 Å². The van der Waals surface area contributed by atoms with Crippen LogP contribution in [0.2, 0.25) is 0 Å². The fraction of sp³-hybridized carbons (Fsp3) is 0.231. The number of hydrogen-bond donors (Lipinski definition) is 1. The Labute approximate surface area is 177 Å². The molecule has 0 saturated heterocycles. The van der Waals surface area contributed by atoms with Gasteiger partial charge < -0.3 is 10.2 Å². The Morgan fingerprint density at radius 3 is 2.13 bits per heavy atom. The maximum absolute atomic E-state index is 12.9. The number of nitrogens with zero attached hydrogens (tertiary/aromatic N) is 1. The van der Waals surface area contributed by atoms with Crippen LogP contribution >= 0.6 is 0 Å². The average Bonchev–Trinajstić information content (AvgIpc) is 2.78. The SMILES string of the molecule is CC(C)c1ccc(NC(=O)c2ccc(C(=O)N3CCc4ccccc4C3)cc2)cc1. The van der Waals surface area contributed by atoms with E-state index < -0.39 is 0 Å². The number of anilines is 1. The van der Waals surface area contributed by atoms with Gasteiger partial charge in [0.25, 0.3) is 11.8 Å². The molecule has 1 aliphatic heterocycles. The Morgan fingerprint density at radius 1 is 0.833 bits per heavy atom. The van der Waals surface area contributed by atoms with Gasteiger partial charge in [-0.05, 0) is 65.4 Å². The van der Waals surface area contributed by atoms with Crippen molar-refractivity contribution < 1.29 is 9.59 Å². The Kier molecular flexibility index (Phi) is 5.66. The van der Waals surface area contributed by atoms with E-state index >= 15 is 0 Å². The molecule has 0 spiro atoms. The molecule has 3 aromatic carbocycles. The first kappa shape index (κ1) is 19.9. The molecule has 4 heteroatoms. The largest absolute Gasteiger partial charge is 0.334 e. The third-order valence-corrected chi connectivity index (χ3v) is 5.65. The van der Waals surface area contributed by atoms with Gasteiger partial charge in [0.15, 0.2) is 0 Å². The van der Waals surface area contributed by atoms with Gasteiger partial charge >= 0.3 is 0 Å². The van der Waals surface area contributed by atoms with Gasteiger partial charge in [0.2, 0.25) is 0 Å². The third kappa shape index (κ3) is 4.28. The van der Waals surface area contributed by atoms with Gasteiger partial charge in [0.05, 0.1) is 0 Å². The fourth-order valence-electron chi connectivity index (χ4n) is 3.77. The van der Waals surface area contributed by atoms with Crippen molar-refractivity contribution in [3.8, 4) is 0 Å². The molecule has 152 valence electrons. The molecule has 1 N–H and O–H groups in total. The molecule has 1 aliphatic rings. The Morgan fingerprint density at radius 2 is 1.47 bits per heavy atom. The number of amides is 2. The summed E-state index contributed by atoms with van der Waals surface area (Å²) >= 11 is 0. The van der Waals surface area contributed by atoms with E-state index in [0.29, 0.717) is 30.1 Å². The van der Waals surface area contributed by atoms with E-state index in [1.54, 1.807) is 24.3 Å². The molecule has 0 aromatic heterocycles. The van der Waals surface area contributed by atoms with Gasteiger partial charge in [-0.25, -0.2) is 0 Å². The van der Waals surface area contributed by atoms with E-state index in [9.17, 15) is 9.59 Å². The molecule has 2 amide bonds. The number of benzene rings is 3. The Balaban J connectivity index is 1.41. The fourth-order valence-corrected chi connectivity index (χ4v) is 3.77. The van der Waals surface area contributed by atoms with Gasteiger partial charge in [0, 0.05) is 29.9 Å². The minimum absolute atomic E-state index is 0.000681. The first-order chi connectivity index (χ1) is 14.5. The zero-order valence-electron chi connectivity index (χ0n) is 17.4. The molecule has 0 fully saturated rings. The molecule has 0 atom stereocenters. The van der Waals surface area contributed by atoms with E-state index in [4.69, 9.17) is 0 Å². The van der Waals surface area contributed by atoms with Gasteiger partial charge in [-0.3, -0.25) is 9.59 Å². The first-order valence-corrected chi connectivity index (χ1v) is 10.4. The first-order valence-electron chi connectivity index (χ1n) is 10.4. The van der Waals surface area contributed by atoms with E-state index in [-0.39, 0.29) is 11.8 Å². The lowest BCUT2D eigenvalue weighted by Crippen LogP contribution is -2.35. The smallest absolute Gasteiger partial charge is 0.255 e. The highest BCUT2D eigenvalue weighted by Gasteiger charge is 2.21. The van der Waals surface area contributed by atoms with Crippen LogP contribution < -0.4 is 5.32 Å². The van der Waals surface area contributed by atoms with Crippen LogP contribution in [0.15, 0.2) is 72.8 Å². The van der Waals surface area contributed by atoms with Crippen LogP contribution in [0.4, 0.5) is 5.69 Å². The molecule has 0 saturated carbocycles. The van der Waals surface area contributed by atoms with Crippen molar-refractivity contribution in [2.75, 3.05) is 11.9 Å². The topological polar surface area (TPSA) is 49.4 Å². The number of carbonyl (C=O) groups excluding carboxylic acids is 2. The number of rotatable bonds is 4. The highest BCUT2D eigenvalue weighted by atomic mass is 16.2. The van der Waals surface area contributed by atoms with E-state index in [0.717, 1.165) is 12.1 Å². The third-order valence-electron chi connectivity index (χ3n) is 5.65. The minimum atomic E-state index is -0.182. The second-order valence-corrected chi connectivity index (χ2v) is 8.05. The molecule has 30 heavy (non-hydrogen) atoms. The highest BCUT2D eigenvalue weighted by molar-refractivity contribution is 6.05. The normalized spacial score (nSPS) is 13.1. The lowest BCUT2D eigenvalue weighted by Gasteiger charge is -2.29. The van der Waals surface area contributed by atoms with Crippen LogP contribution in [0.3, 0.4) is 0 Å². The van der Waals surface area contributed by atoms with E-state index in [1.807, 2.05) is 41.3 Å². The summed E-state index contributed by atoms with van der Waals surface area (Å²) in [5.41, 5.74) is 5.65. The molecule has 4 nitrogen and oxygen atoms in total.